The van der Waals surface area contributed by atoms with E-state index in [-0.39, 0.29) is 5.91 Å². The number of piperidine rings is 1. The van der Waals surface area contributed by atoms with E-state index in [9.17, 15) is 4.79 Å². The van der Waals surface area contributed by atoms with Crippen LogP contribution >= 0.6 is 0 Å². The Kier molecular flexibility index (Phi) is 5.36. The molecule has 3 saturated heterocycles. The van der Waals surface area contributed by atoms with Crippen molar-refractivity contribution in [1.82, 2.24) is 14.8 Å². The van der Waals surface area contributed by atoms with Gasteiger partial charge in [0.1, 0.15) is 11.4 Å². The van der Waals surface area contributed by atoms with Gasteiger partial charge in [-0.05, 0) is 67.5 Å². The van der Waals surface area contributed by atoms with Crippen LogP contribution in [0.15, 0.2) is 36.5 Å². The molecule has 148 valence electrons. The highest BCUT2D eigenvalue weighted by Gasteiger charge is 2.37. The predicted octanol–water partition coefficient (Wildman–Crippen LogP) is 3.44. The first kappa shape index (κ1) is 18.9. The van der Waals surface area contributed by atoms with E-state index in [1.807, 2.05) is 23.1 Å². The number of carbonyl (C=O) groups is 1. The zero-order valence-corrected chi connectivity index (χ0v) is 17.0. The highest BCUT2D eigenvalue weighted by Crippen LogP contribution is 2.31. The third-order valence-corrected chi connectivity index (χ3v) is 6.23. The van der Waals surface area contributed by atoms with Crippen LogP contribution in [-0.4, -0.2) is 53.5 Å². The summed E-state index contributed by atoms with van der Waals surface area (Å²) in [6.07, 6.45) is 4.05. The summed E-state index contributed by atoms with van der Waals surface area (Å²) in [5.74, 6) is 1.55. The lowest BCUT2D eigenvalue weighted by Gasteiger charge is -2.36. The molecule has 5 nitrogen and oxygen atoms in total. The van der Waals surface area contributed by atoms with Crippen LogP contribution < -0.4 is 4.74 Å². The normalized spacial score (nSPS) is 22.2. The molecule has 0 saturated carbocycles. The van der Waals surface area contributed by atoms with Gasteiger partial charge in [-0.3, -0.25) is 14.7 Å². The molecule has 0 unspecified atom stereocenters. The molecule has 3 aliphatic rings. The van der Waals surface area contributed by atoms with Crippen LogP contribution in [0.2, 0.25) is 0 Å². The molecule has 28 heavy (non-hydrogen) atoms. The van der Waals surface area contributed by atoms with Crippen LogP contribution in [0.1, 0.15) is 40.0 Å². The molecule has 3 aliphatic heterocycles. The molecule has 0 aliphatic carbocycles. The van der Waals surface area contributed by atoms with Crippen molar-refractivity contribution in [1.29, 1.82) is 0 Å². The van der Waals surface area contributed by atoms with Crippen molar-refractivity contribution in [2.24, 2.45) is 5.92 Å². The Morgan fingerprint density at radius 1 is 1.14 bits per heavy atom. The van der Waals surface area contributed by atoms with Crippen LogP contribution in [0.3, 0.4) is 0 Å². The first-order valence-corrected chi connectivity index (χ1v) is 10.1. The summed E-state index contributed by atoms with van der Waals surface area (Å²) in [6, 6.07) is 10.4. The van der Waals surface area contributed by atoms with Crippen LogP contribution in [0.25, 0.3) is 0 Å². The van der Waals surface area contributed by atoms with Gasteiger partial charge < -0.3 is 9.64 Å². The molecule has 2 bridgehead atoms. The summed E-state index contributed by atoms with van der Waals surface area (Å²) in [4.78, 5) is 21.8. The third kappa shape index (κ3) is 3.76. The molecular weight excluding hydrogens is 350 g/mol. The summed E-state index contributed by atoms with van der Waals surface area (Å²) < 4.78 is 5.46. The van der Waals surface area contributed by atoms with Gasteiger partial charge in [0, 0.05) is 38.4 Å². The molecule has 0 radical (unpaired) electrons. The molecule has 1 amide bonds. The van der Waals surface area contributed by atoms with Gasteiger partial charge in [-0.15, -0.1) is 0 Å². The monoisotopic (exact) mass is 379 g/mol. The first-order valence-electron chi connectivity index (χ1n) is 10.1. The fourth-order valence-electron chi connectivity index (χ4n) is 4.65. The van der Waals surface area contributed by atoms with E-state index in [4.69, 9.17) is 4.74 Å². The van der Waals surface area contributed by atoms with E-state index >= 15 is 0 Å². The Morgan fingerprint density at radius 2 is 2.00 bits per heavy atom. The molecule has 4 heterocycles. The lowest BCUT2D eigenvalue weighted by Crippen LogP contribution is -2.44. The quantitative estimate of drug-likeness (QED) is 0.816. The van der Waals surface area contributed by atoms with Crippen molar-refractivity contribution < 1.29 is 9.53 Å². The number of pyridine rings is 1. The second kappa shape index (κ2) is 7.92. The van der Waals surface area contributed by atoms with Gasteiger partial charge in [0.15, 0.2) is 0 Å². The number of nitrogens with zero attached hydrogens (tertiary/aromatic N) is 3. The SMILES string of the molecule is COc1cc(C)c(CN2C[C@H]3CC[C@@H]2CN(C(=O)c2ccccn2)C3)cc1C. The van der Waals surface area contributed by atoms with Crippen LogP contribution in [0, 0.1) is 19.8 Å². The summed E-state index contributed by atoms with van der Waals surface area (Å²) in [5.41, 5.74) is 4.35. The van der Waals surface area contributed by atoms with Gasteiger partial charge in [0.05, 0.1) is 7.11 Å². The second-order valence-corrected chi connectivity index (χ2v) is 8.20. The average molecular weight is 380 g/mol. The van der Waals surface area contributed by atoms with Crippen molar-refractivity contribution in [3.05, 3.63) is 58.9 Å². The maximum absolute atomic E-state index is 12.9. The van der Waals surface area contributed by atoms with Gasteiger partial charge >= 0.3 is 0 Å². The number of benzene rings is 1. The maximum Gasteiger partial charge on any atom is 0.272 e. The summed E-state index contributed by atoms with van der Waals surface area (Å²) in [6.45, 7) is 7.88. The molecule has 3 fully saturated rings. The molecule has 0 spiro atoms. The van der Waals surface area contributed by atoms with Gasteiger partial charge in [0.25, 0.3) is 5.91 Å². The molecule has 5 rings (SSSR count). The predicted molar refractivity (Wildman–Crippen MR) is 110 cm³/mol. The van der Waals surface area contributed by atoms with Gasteiger partial charge in [-0.1, -0.05) is 12.1 Å². The fourth-order valence-corrected chi connectivity index (χ4v) is 4.65. The third-order valence-electron chi connectivity index (χ3n) is 6.23. The second-order valence-electron chi connectivity index (χ2n) is 8.20. The molecule has 1 aromatic heterocycles. The summed E-state index contributed by atoms with van der Waals surface area (Å²) in [7, 11) is 1.72. The number of carbonyl (C=O) groups excluding carboxylic acids is 1. The van der Waals surface area contributed by atoms with Crippen LogP contribution in [0.5, 0.6) is 5.75 Å². The molecular formula is C23H29N3O2. The van der Waals surface area contributed by atoms with Crippen molar-refractivity contribution >= 4 is 5.91 Å². The molecule has 2 aromatic rings. The van der Waals surface area contributed by atoms with Crippen molar-refractivity contribution in [3.63, 3.8) is 0 Å². The van der Waals surface area contributed by atoms with E-state index in [0.29, 0.717) is 17.7 Å². The van der Waals surface area contributed by atoms with E-state index < -0.39 is 0 Å². The molecule has 2 atom stereocenters. The van der Waals surface area contributed by atoms with Crippen molar-refractivity contribution in [2.75, 3.05) is 26.7 Å². The van der Waals surface area contributed by atoms with Gasteiger partial charge in [-0.2, -0.15) is 0 Å². The summed E-state index contributed by atoms with van der Waals surface area (Å²) in [5, 5.41) is 0. The van der Waals surface area contributed by atoms with E-state index in [0.717, 1.165) is 38.3 Å². The Balaban J connectivity index is 1.51. The number of methoxy groups -OCH3 is 1. The zero-order valence-electron chi connectivity index (χ0n) is 17.0. The maximum atomic E-state index is 12.9. The standard InChI is InChI=1S/C23H29N3O2/c1-16-11-22(28-3)17(2)10-19(16)14-25-12-18-7-8-20(25)15-26(13-18)23(27)21-6-4-5-9-24-21/h4-6,9-11,18,20H,7-8,12-15H2,1-3H3/t18-,20-/m1/s1. The Hall–Kier alpha value is -2.40. The van der Waals surface area contributed by atoms with Gasteiger partial charge in [0.2, 0.25) is 0 Å². The number of hydrogen-bond donors (Lipinski definition) is 0. The van der Waals surface area contributed by atoms with Crippen molar-refractivity contribution in [2.45, 2.75) is 39.3 Å². The number of aryl methyl sites for hydroxylation is 2. The number of ether oxygens (including phenoxy) is 1. The fraction of sp³-hybridized carbons (Fsp3) is 0.478. The minimum atomic E-state index is 0.0656. The number of hydrogen-bond acceptors (Lipinski definition) is 4. The van der Waals surface area contributed by atoms with Crippen molar-refractivity contribution in [3.8, 4) is 5.75 Å². The minimum absolute atomic E-state index is 0.0656. The lowest BCUT2D eigenvalue weighted by molar-refractivity contribution is 0.0730. The van der Waals surface area contributed by atoms with Crippen LogP contribution in [0.4, 0.5) is 0 Å². The molecule has 1 aromatic carbocycles. The Labute approximate surface area is 167 Å². The molecule has 0 N–H and O–H groups in total. The Morgan fingerprint density at radius 3 is 2.75 bits per heavy atom. The van der Waals surface area contributed by atoms with E-state index in [1.54, 1.807) is 13.3 Å². The molecule has 5 heteroatoms. The van der Waals surface area contributed by atoms with Gasteiger partial charge in [-0.25, -0.2) is 0 Å². The minimum Gasteiger partial charge on any atom is -0.496 e. The number of aromatic nitrogens is 1. The van der Waals surface area contributed by atoms with Crippen LogP contribution in [-0.2, 0) is 6.54 Å². The Bertz CT molecular complexity index is 852. The average Bonchev–Trinajstić information content (AvgIpc) is 3.02. The number of amides is 1. The summed E-state index contributed by atoms with van der Waals surface area (Å²) >= 11 is 0. The first-order chi connectivity index (χ1) is 13.5. The van der Waals surface area contributed by atoms with E-state index in [2.05, 4.69) is 35.9 Å². The number of rotatable bonds is 4. The lowest BCUT2D eigenvalue weighted by atomic mass is 9.94. The number of fused-ring (bicyclic) bond motifs is 4. The highest BCUT2D eigenvalue weighted by atomic mass is 16.5. The highest BCUT2D eigenvalue weighted by molar-refractivity contribution is 5.92. The zero-order chi connectivity index (χ0) is 19.7. The largest absolute Gasteiger partial charge is 0.496 e. The van der Waals surface area contributed by atoms with E-state index in [1.165, 1.54) is 23.1 Å². The topological polar surface area (TPSA) is 45.7 Å². The smallest absolute Gasteiger partial charge is 0.272 e.